The van der Waals surface area contributed by atoms with E-state index in [1.54, 1.807) is 17.4 Å². The van der Waals surface area contributed by atoms with E-state index in [4.69, 9.17) is 0 Å². The van der Waals surface area contributed by atoms with Gasteiger partial charge in [-0.2, -0.15) is 0 Å². The number of rotatable bonds is 5. The fraction of sp³-hybridized carbons (Fsp3) is 0.143. The zero-order chi connectivity index (χ0) is 20.6. The molecule has 0 aliphatic carbocycles. The third-order valence-corrected chi connectivity index (χ3v) is 6.58. The van der Waals surface area contributed by atoms with E-state index in [0.717, 1.165) is 11.1 Å². The Morgan fingerprint density at radius 1 is 0.966 bits per heavy atom. The number of halogens is 1. The predicted octanol–water partition coefficient (Wildman–Crippen LogP) is 3.88. The summed E-state index contributed by atoms with van der Waals surface area (Å²) in [5, 5.41) is 7.97. The lowest BCUT2D eigenvalue weighted by Crippen LogP contribution is -2.31. The van der Waals surface area contributed by atoms with Crippen LogP contribution < -0.4 is 4.31 Å². The molecule has 4 rings (SSSR count). The lowest BCUT2D eigenvalue weighted by Gasteiger charge is -2.25. The highest BCUT2D eigenvalue weighted by molar-refractivity contribution is 7.92. The molecule has 0 amide bonds. The fourth-order valence-electron chi connectivity index (χ4n) is 3.13. The van der Waals surface area contributed by atoms with Crippen molar-refractivity contribution in [2.75, 3.05) is 4.31 Å². The van der Waals surface area contributed by atoms with Crippen LogP contribution in [-0.4, -0.2) is 23.0 Å². The van der Waals surface area contributed by atoms with E-state index in [1.807, 2.05) is 31.2 Å². The van der Waals surface area contributed by atoms with E-state index in [-0.39, 0.29) is 11.4 Å². The maximum atomic E-state index is 13.6. The molecule has 0 radical (unpaired) electrons. The maximum absolute atomic E-state index is 13.6. The van der Waals surface area contributed by atoms with Crippen molar-refractivity contribution in [3.8, 4) is 0 Å². The quantitative estimate of drug-likeness (QED) is 0.501. The normalized spacial score (nSPS) is 11.7. The SMILES string of the molecule is Cc1ccccc1CN(c1ccc(F)cc1)S(=O)(=O)c1ccc2nnc(C)n2c1. The topological polar surface area (TPSA) is 67.6 Å². The molecule has 0 bridgehead atoms. The zero-order valence-electron chi connectivity index (χ0n) is 15.9. The van der Waals surface area contributed by atoms with Crippen molar-refractivity contribution < 1.29 is 12.8 Å². The first-order valence-corrected chi connectivity index (χ1v) is 10.4. The monoisotopic (exact) mass is 410 g/mol. The van der Waals surface area contributed by atoms with Gasteiger partial charge in [0.25, 0.3) is 10.0 Å². The Kier molecular flexibility index (Phi) is 4.79. The van der Waals surface area contributed by atoms with Gasteiger partial charge in [-0.25, -0.2) is 12.8 Å². The van der Waals surface area contributed by atoms with Crippen molar-refractivity contribution >= 4 is 21.4 Å². The zero-order valence-corrected chi connectivity index (χ0v) is 16.8. The number of aryl methyl sites for hydroxylation is 2. The molecule has 2 aromatic heterocycles. The third-order valence-electron chi connectivity index (χ3n) is 4.82. The minimum Gasteiger partial charge on any atom is -0.285 e. The van der Waals surface area contributed by atoms with Crippen LogP contribution in [0.15, 0.2) is 71.8 Å². The van der Waals surface area contributed by atoms with E-state index >= 15 is 0 Å². The molecule has 0 aliphatic heterocycles. The number of fused-ring (bicyclic) bond motifs is 1. The van der Waals surface area contributed by atoms with Gasteiger partial charge in [0.1, 0.15) is 16.5 Å². The molecule has 0 saturated carbocycles. The van der Waals surface area contributed by atoms with Crippen molar-refractivity contribution in [2.24, 2.45) is 0 Å². The minimum absolute atomic E-state index is 0.103. The summed E-state index contributed by atoms with van der Waals surface area (Å²) in [6, 6.07) is 16.1. The molecule has 0 atom stereocenters. The average Bonchev–Trinajstić information content (AvgIpc) is 3.08. The van der Waals surface area contributed by atoms with Gasteiger partial charge >= 0.3 is 0 Å². The second kappa shape index (κ2) is 7.29. The first kappa shape index (κ1) is 19.1. The minimum atomic E-state index is -3.93. The molecule has 0 N–H and O–H groups in total. The highest BCUT2D eigenvalue weighted by atomic mass is 32.2. The number of nitrogens with zero attached hydrogens (tertiary/aromatic N) is 4. The molecule has 148 valence electrons. The Balaban J connectivity index is 1.84. The van der Waals surface area contributed by atoms with E-state index in [9.17, 15) is 12.8 Å². The van der Waals surface area contributed by atoms with Gasteiger partial charge in [0.15, 0.2) is 5.65 Å². The van der Waals surface area contributed by atoms with Gasteiger partial charge in [0.2, 0.25) is 0 Å². The van der Waals surface area contributed by atoms with Crippen molar-refractivity contribution in [1.29, 1.82) is 0 Å². The smallest absolute Gasteiger partial charge is 0.266 e. The highest BCUT2D eigenvalue weighted by Crippen LogP contribution is 2.27. The molecular weight excluding hydrogens is 391 g/mol. The van der Waals surface area contributed by atoms with Gasteiger partial charge in [-0.3, -0.25) is 8.71 Å². The molecule has 0 unspecified atom stereocenters. The summed E-state index contributed by atoms with van der Waals surface area (Å²) in [5.41, 5.74) is 2.78. The van der Waals surface area contributed by atoms with Crippen LogP contribution in [0.5, 0.6) is 0 Å². The molecule has 2 heterocycles. The molecular formula is C21H19FN4O2S. The Bertz CT molecular complexity index is 1280. The van der Waals surface area contributed by atoms with Crippen LogP contribution in [0.4, 0.5) is 10.1 Å². The van der Waals surface area contributed by atoms with Crippen LogP contribution in [0.2, 0.25) is 0 Å². The van der Waals surface area contributed by atoms with Gasteiger partial charge in [-0.1, -0.05) is 24.3 Å². The number of anilines is 1. The van der Waals surface area contributed by atoms with E-state index in [1.165, 1.54) is 40.8 Å². The maximum Gasteiger partial charge on any atom is 0.266 e. The van der Waals surface area contributed by atoms with Crippen LogP contribution in [0.25, 0.3) is 5.65 Å². The highest BCUT2D eigenvalue weighted by Gasteiger charge is 2.26. The van der Waals surface area contributed by atoms with E-state index in [0.29, 0.717) is 17.2 Å². The van der Waals surface area contributed by atoms with E-state index in [2.05, 4.69) is 10.2 Å². The molecule has 8 heteroatoms. The molecule has 29 heavy (non-hydrogen) atoms. The van der Waals surface area contributed by atoms with Crippen LogP contribution >= 0.6 is 0 Å². The van der Waals surface area contributed by atoms with Gasteiger partial charge in [0.05, 0.1) is 12.2 Å². The number of hydrogen-bond donors (Lipinski definition) is 0. The summed E-state index contributed by atoms with van der Waals surface area (Å²) in [4.78, 5) is 0.103. The van der Waals surface area contributed by atoms with Crippen molar-refractivity contribution in [3.05, 3.63) is 89.6 Å². The third kappa shape index (κ3) is 3.58. The first-order chi connectivity index (χ1) is 13.9. The van der Waals surface area contributed by atoms with Crippen molar-refractivity contribution in [2.45, 2.75) is 25.3 Å². The van der Waals surface area contributed by atoms with Gasteiger partial charge in [-0.05, 0) is 61.4 Å². The Labute approximate surface area is 168 Å². The second-order valence-corrected chi connectivity index (χ2v) is 8.62. The summed E-state index contributed by atoms with van der Waals surface area (Å²) < 4.78 is 43.6. The fourth-order valence-corrected chi connectivity index (χ4v) is 4.57. The Morgan fingerprint density at radius 3 is 2.41 bits per heavy atom. The first-order valence-electron chi connectivity index (χ1n) is 9.00. The molecule has 0 aliphatic rings. The van der Waals surface area contributed by atoms with E-state index < -0.39 is 15.8 Å². The molecule has 6 nitrogen and oxygen atoms in total. The molecule has 2 aromatic carbocycles. The lowest BCUT2D eigenvalue weighted by molar-refractivity contribution is 0.589. The van der Waals surface area contributed by atoms with Crippen LogP contribution in [0, 0.1) is 19.7 Å². The molecule has 0 spiro atoms. The Morgan fingerprint density at radius 2 is 1.69 bits per heavy atom. The van der Waals surface area contributed by atoms with Gasteiger partial charge in [-0.15, -0.1) is 10.2 Å². The summed E-state index contributed by atoms with van der Waals surface area (Å²) >= 11 is 0. The average molecular weight is 410 g/mol. The number of benzene rings is 2. The molecule has 0 saturated heterocycles. The summed E-state index contributed by atoms with van der Waals surface area (Å²) in [6.45, 7) is 3.80. The van der Waals surface area contributed by atoms with Crippen LogP contribution in [-0.2, 0) is 16.6 Å². The number of hydrogen-bond acceptors (Lipinski definition) is 4. The second-order valence-electron chi connectivity index (χ2n) is 6.75. The van der Waals surface area contributed by atoms with Crippen molar-refractivity contribution in [1.82, 2.24) is 14.6 Å². The predicted molar refractivity (Wildman–Crippen MR) is 109 cm³/mol. The van der Waals surface area contributed by atoms with Crippen LogP contribution in [0.1, 0.15) is 17.0 Å². The Hall–Kier alpha value is -3.26. The molecule has 0 fully saturated rings. The van der Waals surface area contributed by atoms with Crippen LogP contribution in [0.3, 0.4) is 0 Å². The van der Waals surface area contributed by atoms with Gasteiger partial charge < -0.3 is 0 Å². The summed E-state index contributed by atoms with van der Waals surface area (Å²) in [7, 11) is -3.93. The summed E-state index contributed by atoms with van der Waals surface area (Å²) in [5.74, 6) is 0.160. The summed E-state index contributed by atoms with van der Waals surface area (Å²) in [6.07, 6.45) is 1.51. The largest absolute Gasteiger partial charge is 0.285 e. The number of pyridine rings is 1. The standard InChI is InChI=1S/C21H19FN4O2S/c1-15-5-3-4-6-17(15)13-26(19-9-7-18(22)8-10-19)29(27,28)20-11-12-21-24-23-16(2)25(21)14-20/h3-12,14H,13H2,1-2H3. The number of aromatic nitrogens is 3. The lowest BCUT2D eigenvalue weighted by atomic mass is 10.1. The number of sulfonamides is 1. The molecule has 4 aromatic rings. The van der Waals surface area contributed by atoms with Crippen molar-refractivity contribution in [3.63, 3.8) is 0 Å². The van der Waals surface area contributed by atoms with Gasteiger partial charge in [0, 0.05) is 6.20 Å².